The minimum atomic E-state index is -0.148. The lowest BCUT2D eigenvalue weighted by molar-refractivity contribution is 0.0949. The summed E-state index contributed by atoms with van der Waals surface area (Å²) in [5, 5.41) is 9.83. The third-order valence-corrected chi connectivity index (χ3v) is 3.50. The fraction of sp³-hybridized carbons (Fsp3) is 0.412. The fourth-order valence-electron chi connectivity index (χ4n) is 2.38. The van der Waals surface area contributed by atoms with Crippen LogP contribution in [-0.2, 0) is 12.8 Å². The van der Waals surface area contributed by atoms with Crippen LogP contribution in [0.5, 0.6) is 5.75 Å². The van der Waals surface area contributed by atoms with E-state index in [0.717, 1.165) is 36.3 Å². The highest BCUT2D eigenvalue weighted by atomic mass is 16.5. The molecule has 0 bridgehead atoms. The van der Waals surface area contributed by atoms with Crippen molar-refractivity contribution < 1.29 is 9.53 Å². The van der Waals surface area contributed by atoms with Gasteiger partial charge in [0.2, 0.25) is 0 Å². The molecule has 0 aliphatic carbocycles. The van der Waals surface area contributed by atoms with Crippen LogP contribution in [0.2, 0.25) is 0 Å². The molecule has 1 heterocycles. The van der Waals surface area contributed by atoms with Crippen LogP contribution in [0.25, 0.3) is 0 Å². The van der Waals surface area contributed by atoms with E-state index in [1.54, 1.807) is 7.11 Å². The van der Waals surface area contributed by atoms with Crippen LogP contribution in [0.4, 0.5) is 0 Å². The lowest BCUT2D eigenvalue weighted by Crippen LogP contribution is -2.26. The summed E-state index contributed by atoms with van der Waals surface area (Å²) in [4.78, 5) is 12.0. The number of ether oxygens (including phenoxy) is 1. The van der Waals surface area contributed by atoms with Gasteiger partial charge in [-0.15, -0.1) is 0 Å². The van der Waals surface area contributed by atoms with Gasteiger partial charge >= 0.3 is 0 Å². The normalized spacial score (nSPS) is 10.5. The number of H-pyrrole nitrogens is 1. The van der Waals surface area contributed by atoms with Crippen molar-refractivity contribution in [2.45, 2.75) is 33.1 Å². The molecule has 5 heteroatoms. The Morgan fingerprint density at radius 3 is 2.86 bits per heavy atom. The van der Waals surface area contributed by atoms with Crippen LogP contribution in [0.1, 0.15) is 40.7 Å². The summed E-state index contributed by atoms with van der Waals surface area (Å²) in [5.41, 5.74) is 3.71. The summed E-state index contributed by atoms with van der Waals surface area (Å²) in [6, 6.07) is 7.86. The number of carbonyl (C=O) groups is 1. The number of aryl methyl sites for hydroxylation is 2. The third kappa shape index (κ3) is 4.10. The first kappa shape index (κ1) is 16.1. The van der Waals surface area contributed by atoms with Crippen LogP contribution in [0.3, 0.4) is 0 Å². The number of aromatic amines is 1. The highest BCUT2D eigenvalue weighted by molar-refractivity contribution is 5.92. The molecule has 0 saturated heterocycles. The molecular weight excluding hydrogens is 278 g/mol. The summed E-state index contributed by atoms with van der Waals surface area (Å²) in [7, 11) is 1.66. The minimum absolute atomic E-state index is 0.148. The third-order valence-electron chi connectivity index (χ3n) is 3.50. The second-order valence-electron chi connectivity index (χ2n) is 5.35. The van der Waals surface area contributed by atoms with Gasteiger partial charge in [0.15, 0.2) is 0 Å². The average molecular weight is 301 g/mol. The maximum absolute atomic E-state index is 12.0. The van der Waals surface area contributed by atoms with Gasteiger partial charge in [-0.1, -0.05) is 31.0 Å². The molecule has 2 aromatic rings. The number of rotatable bonds is 7. The van der Waals surface area contributed by atoms with E-state index < -0.39 is 0 Å². The number of nitrogens with one attached hydrogen (secondary N) is 2. The van der Waals surface area contributed by atoms with Gasteiger partial charge in [0.05, 0.1) is 7.11 Å². The largest absolute Gasteiger partial charge is 0.496 e. The van der Waals surface area contributed by atoms with E-state index in [2.05, 4.69) is 28.5 Å². The average Bonchev–Trinajstić information content (AvgIpc) is 2.96. The molecule has 2 rings (SSSR count). The fourth-order valence-corrected chi connectivity index (χ4v) is 2.38. The number of benzene rings is 1. The molecule has 1 aromatic carbocycles. The maximum Gasteiger partial charge on any atom is 0.271 e. The zero-order chi connectivity index (χ0) is 15.9. The van der Waals surface area contributed by atoms with Crippen LogP contribution in [0.15, 0.2) is 24.3 Å². The SMILES string of the molecule is CCCc1cc(C(=O)NCCc2cc(C)ccc2OC)n[nH]1. The molecule has 1 aromatic heterocycles. The van der Waals surface area contributed by atoms with E-state index in [-0.39, 0.29) is 5.91 Å². The van der Waals surface area contributed by atoms with Crippen molar-refractivity contribution in [1.82, 2.24) is 15.5 Å². The molecule has 0 saturated carbocycles. The predicted octanol–water partition coefficient (Wildman–Crippen LogP) is 2.65. The van der Waals surface area contributed by atoms with Crippen LogP contribution >= 0.6 is 0 Å². The summed E-state index contributed by atoms with van der Waals surface area (Å²) < 4.78 is 5.34. The Balaban J connectivity index is 1.90. The number of amides is 1. The van der Waals surface area contributed by atoms with Crippen molar-refractivity contribution in [2.24, 2.45) is 0 Å². The van der Waals surface area contributed by atoms with E-state index in [0.29, 0.717) is 12.2 Å². The van der Waals surface area contributed by atoms with E-state index in [1.165, 1.54) is 5.56 Å². The van der Waals surface area contributed by atoms with Crippen molar-refractivity contribution in [1.29, 1.82) is 0 Å². The Bertz CT molecular complexity index is 635. The summed E-state index contributed by atoms with van der Waals surface area (Å²) >= 11 is 0. The lowest BCUT2D eigenvalue weighted by Gasteiger charge is -2.09. The number of methoxy groups -OCH3 is 1. The number of nitrogens with zero attached hydrogens (tertiary/aromatic N) is 1. The van der Waals surface area contributed by atoms with Gasteiger partial charge in [-0.3, -0.25) is 9.89 Å². The van der Waals surface area contributed by atoms with Crippen molar-refractivity contribution in [3.8, 4) is 5.75 Å². The molecule has 1 amide bonds. The maximum atomic E-state index is 12.0. The summed E-state index contributed by atoms with van der Waals surface area (Å²) in [6.07, 6.45) is 2.65. The van der Waals surface area contributed by atoms with Gasteiger partial charge in [0.1, 0.15) is 11.4 Å². The quantitative estimate of drug-likeness (QED) is 0.826. The Labute approximate surface area is 131 Å². The van der Waals surface area contributed by atoms with E-state index in [4.69, 9.17) is 4.74 Å². The van der Waals surface area contributed by atoms with Gasteiger partial charge in [-0.2, -0.15) is 5.10 Å². The van der Waals surface area contributed by atoms with Crippen LogP contribution in [0, 0.1) is 6.92 Å². The predicted molar refractivity (Wildman–Crippen MR) is 86.4 cm³/mol. The lowest BCUT2D eigenvalue weighted by atomic mass is 10.1. The molecule has 0 fully saturated rings. The Hall–Kier alpha value is -2.30. The second-order valence-corrected chi connectivity index (χ2v) is 5.35. The minimum Gasteiger partial charge on any atom is -0.496 e. The zero-order valence-corrected chi connectivity index (χ0v) is 13.4. The Morgan fingerprint density at radius 2 is 2.14 bits per heavy atom. The van der Waals surface area contributed by atoms with Crippen LogP contribution < -0.4 is 10.1 Å². The number of hydrogen-bond donors (Lipinski definition) is 2. The first-order chi connectivity index (χ1) is 10.6. The number of carbonyl (C=O) groups excluding carboxylic acids is 1. The van der Waals surface area contributed by atoms with Gasteiger partial charge in [-0.25, -0.2) is 0 Å². The van der Waals surface area contributed by atoms with E-state index in [9.17, 15) is 4.79 Å². The van der Waals surface area contributed by atoms with E-state index >= 15 is 0 Å². The monoisotopic (exact) mass is 301 g/mol. The summed E-state index contributed by atoms with van der Waals surface area (Å²) in [6.45, 7) is 4.69. The smallest absolute Gasteiger partial charge is 0.271 e. The highest BCUT2D eigenvalue weighted by Gasteiger charge is 2.10. The molecular formula is C17H23N3O2. The van der Waals surface area contributed by atoms with Crippen LogP contribution in [-0.4, -0.2) is 29.8 Å². The highest BCUT2D eigenvalue weighted by Crippen LogP contribution is 2.19. The molecule has 0 aliphatic rings. The second kappa shape index (κ2) is 7.64. The van der Waals surface area contributed by atoms with Crippen molar-refractivity contribution in [3.63, 3.8) is 0 Å². The van der Waals surface area contributed by atoms with Crippen molar-refractivity contribution in [3.05, 3.63) is 46.8 Å². The Morgan fingerprint density at radius 1 is 1.32 bits per heavy atom. The van der Waals surface area contributed by atoms with E-state index in [1.807, 2.05) is 25.1 Å². The molecule has 118 valence electrons. The van der Waals surface area contributed by atoms with Gasteiger partial charge in [0.25, 0.3) is 5.91 Å². The zero-order valence-electron chi connectivity index (χ0n) is 13.4. The molecule has 0 radical (unpaired) electrons. The molecule has 0 spiro atoms. The van der Waals surface area contributed by atoms with Crippen molar-refractivity contribution >= 4 is 5.91 Å². The molecule has 0 atom stereocenters. The number of hydrogen-bond acceptors (Lipinski definition) is 3. The van der Waals surface area contributed by atoms with Crippen molar-refractivity contribution in [2.75, 3.05) is 13.7 Å². The molecule has 0 unspecified atom stereocenters. The van der Waals surface area contributed by atoms with Gasteiger partial charge in [-0.05, 0) is 37.5 Å². The molecule has 2 N–H and O–H groups in total. The summed E-state index contributed by atoms with van der Waals surface area (Å²) in [5.74, 6) is 0.704. The number of aromatic nitrogens is 2. The Kier molecular flexibility index (Phi) is 5.58. The molecule has 22 heavy (non-hydrogen) atoms. The standard InChI is InChI=1S/C17H23N3O2/c1-4-5-14-11-15(20-19-14)17(21)18-9-8-13-10-12(2)6-7-16(13)22-3/h6-7,10-11H,4-5,8-9H2,1-3H3,(H,18,21)(H,19,20). The molecule has 0 aliphatic heterocycles. The topological polar surface area (TPSA) is 67.0 Å². The molecule has 5 nitrogen and oxygen atoms in total. The first-order valence-corrected chi connectivity index (χ1v) is 7.60. The first-order valence-electron chi connectivity index (χ1n) is 7.60. The van der Waals surface area contributed by atoms with Gasteiger partial charge < -0.3 is 10.1 Å². The van der Waals surface area contributed by atoms with Gasteiger partial charge in [0, 0.05) is 12.2 Å².